The van der Waals surface area contributed by atoms with Gasteiger partial charge < -0.3 is 14.4 Å². The number of carbonyl (C=O) groups excluding carboxylic acids is 1. The number of esters is 1. The Morgan fingerprint density at radius 3 is 2.70 bits per heavy atom. The fraction of sp³-hybridized carbons (Fsp3) is 0.423. The standard InChI is InChI=1S/C26H30N2O4Si/c1-5-7-10-33(3,4)18-8-9-21-16(12-18)11-17-14-28-22(23(17)27-21)13-20-19(24(28)29)15-32-25(30)26(20,31)6-2/h8-9,11-13,31H,5-7,10,14-15H2,1-4H3/t26-/m0/s1. The Kier molecular flexibility index (Phi) is 5.10. The summed E-state index contributed by atoms with van der Waals surface area (Å²) in [5.41, 5.74) is 1.95. The van der Waals surface area contributed by atoms with E-state index < -0.39 is 19.6 Å². The van der Waals surface area contributed by atoms with E-state index in [2.05, 4.69) is 44.3 Å². The maximum Gasteiger partial charge on any atom is 0.343 e. The van der Waals surface area contributed by atoms with Crippen LogP contribution in [0.15, 0.2) is 35.1 Å². The Labute approximate surface area is 194 Å². The van der Waals surface area contributed by atoms with Crippen LogP contribution in [0, 0.1) is 0 Å². The van der Waals surface area contributed by atoms with Gasteiger partial charge in [-0.15, -0.1) is 0 Å². The minimum Gasteiger partial charge on any atom is -0.458 e. The summed E-state index contributed by atoms with van der Waals surface area (Å²) >= 11 is 0. The van der Waals surface area contributed by atoms with Gasteiger partial charge in [0.1, 0.15) is 6.61 Å². The lowest BCUT2D eigenvalue weighted by Crippen LogP contribution is -2.44. The zero-order valence-corrected chi connectivity index (χ0v) is 20.7. The second kappa shape index (κ2) is 7.63. The molecule has 1 atom stereocenters. The van der Waals surface area contributed by atoms with Crippen LogP contribution in [0.3, 0.4) is 0 Å². The molecule has 6 nitrogen and oxygen atoms in total. The van der Waals surface area contributed by atoms with Crippen LogP contribution >= 0.6 is 0 Å². The Hall–Kier alpha value is -2.77. The van der Waals surface area contributed by atoms with Gasteiger partial charge in [-0.2, -0.15) is 0 Å². The van der Waals surface area contributed by atoms with Gasteiger partial charge in [-0.1, -0.05) is 63.1 Å². The smallest absolute Gasteiger partial charge is 0.343 e. The number of aliphatic hydroxyl groups is 1. The van der Waals surface area contributed by atoms with E-state index >= 15 is 0 Å². The molecule has 0 aliphatic carbocycles. The molecule has 1 N–H and O–H groups in total. The van der Waals surface area contributed by atoms with E-state index in [1.807, 2.05) is 0 Å². The van der Waals surface area contributed by atoms with Gasteiger partial charge in [-0.3, -0.25) is 4.79 Å². The highest BCUT2D eigenvalue weighted by atomic mass is 28.3. The molecule has 5 rings (SSSR count). The van der Waals surface area contributed by atoms with Gasteiger partial charge >= 0.3 is 5.97 Å². The van der Waals surface area contributed by atoms with Gasteiger partial charge in [-0.25, -0.2) is 9.78 Å². The molecule has 2 aromatic heterocycles. The second-order valence-electron chi connectivity index (χ2n) is 9.99. The average molecular weight is 463 g/mol. The van der Waals surface area contributed by atoms with Gasteiger partial charge in [0.05, 0.1) is 37.1 Å². The van der Waals surface area contributed by atoms with Gasteiger partial charge in [0, 0.05) is 16.5 Å². The Balaban J connectivity index is 1.64. The predicted octanol–water partition coefficient (Wildman–Crippen LogP) is 3.80. The van der Waals surface area contributed by atoms with E-state index in [-0.39, 0.29) is 18.6 Å². The van der Waals surface area contributed by atoms with Crippen molar-refractivity contribution in [2.75, 3.05) is 0 Å². The van der Waals surface area contributed by atoms with E-state index in [0.29, 0.717) is 23.4 Å². The van der Waals surface area contributed by atoms with Crippen molar-refractivity contribution in [3.8, 4) is 11.4 Å². The summed E-state index contributed by atoms with van der Waals surface area (Å²) in [4.78, 5) is 30.6. The Bertz CT molecular complexity index is 1360. The molecule has 3 aromatic rings. The molecule has 0 amide bonds. The third-order valence-electron chi connectivity index (χ3n) is 7.44. The van der Waals surface area contributed by atoms with Gasteiger partial charge in [0.15, 0.2) is 5.60 Å². The van der Waals surface area contributed by atoms with Crippen LogP contribution in [0.1, 0.15) is 49.8 Å². The lowest BCUT2D eigenvalue weighted by atomic mass is 9.86. The molecule has 0 unspecified atom stereocenters. The van der Waals surface area contributed by atoms with Crippen molar-refractivity contribution in [1.82, 2.24) is 9.55 Å². The van der Waals surface area contributed by atoms with E-state index in [1.165, 1.54) is 24.1 Å². The molecule has 2 aliphatic heterocycles. The number of benzene rings is 1. The first-order valence-electron chi connectivity index (χ1n) is 11.8. The molecule has 0 fully saturated rings. The summed E-state index contributed by atoms with van der Waals surface area (Å²) in [6.45, 7) is 9.11. The number of rotatable bonds is 5. The van der Waals surface area contributed by atoms with Crippen LogP contribution in [-0.2, 0) is 28.3 Å². The highest BCUT2D eigenvalue weighted by Crippen LogP contribution is 2.38. The maximum atomic E-state index is 13.3. The van der Waals surface area contributed by atoms with Crippen LogP contribution in [-0.4, -0.2) is 28.7 Å². The van der Waals surface area contributed by atoms with Crippen LogP contribution in [0.4, 0.5) is 0 Å². The SMILES string of the molecule is CCCC[Si](C)(C)c1ccc2nc3c(cc2c1)Cn1c-3cc2c(c1=O)COC(=O)[C@]2(O)CC. The fourth-order valence-corrected chi connectivity index (χ4v) is 7.78. The molecule has 172 valence electrons. The lowest BCUT2D eigenvalue weighted by Gasteiger charge is -2.31. The molecular formula is C26H30N2O4Si. The van der Waals surface area contributed by atoms with Crippen LogP contribution in [0.25, 0.3) is 22.3 Å². The van der Waals surface area contributed by atoms with Crippen molar-refractivity contribution in [2.24, 2.45) is 0 Å². The topological polar surface area (TPSA) is 81.4 Å². The number of pyridine rings is 2. The first-order valence-corrected chi connectivity index (χ1v) is 15.0. The van der Waals surface area contributed by atoms with Crippen molar-refractivity contribution >= 4 is 30.1 Å². The summed E-state index contributed by atoms with van der Waals surface area (Å²) in [5, 5.41) is 13.5. The van der Waals surface area contributed by atoms with Gasteiger partial charge in [0.25, 0.3) is 5.56 Å². The summed E-state index contributed by atoms with van der Waals surface area (Å²) in [7, 11) is -1.52. The van der Waals surface area contributed by atoms with Crippen LogP contribution < -0.4 is 10.7 Å². The van der Waals surface area contributed by atoms with Crippen LogP contribution in [0.5, 0.6) is 0 Å². The van der Waals surface area contributed by atoms with E-state index in [1.54, 1.807) is 17.6 Å². The van der Waals surface area contributed by atoms with E-state index in [9.17, 15) is 14.7 Å². The van der Waals surface area contributed by atoms with Crippen molar-refractivity contribution in [2.45, 2.75) is 71.0 Å². The zero-order chi connectivity index (χ0) is 23.5. The van der Waals surface area contributed by atoms with Gasteiger partial charge in [0.2, 0.25) is 0 Å². The summed E-state index contributed by atoms with van der Waals surface area (Å²) in [5.74, 6) is -0.700. The molecule has 2 aliphatic rings. The number of fused-ring (bicyclic) bond motifs is 5. The third-order valence-corrected chi connectivity index (χ3v) is 10.9. The lowest BCUT2D eigenvalue weighted by molar-refractivity contribution is -0.172. The number of nitrogens with zero attached hydrogens (tertiary/aromatic N) is 2. The number of hydrogen-bond acceptors (Lipinski definition) is 5. The average Bonchev–Trinajstić information content (AvgIpc) is 3.16. The van der Waals surface area contributed by atoms with Crippen molar-refractivity contribution in [3.05, 3.63) is 57.4 Å². The monoisotopic (exact) mass is 462 g/mol. The normalized spacial score (nSPS) is 19.2. The highest BCUT2D eigenvalue weighted by Gasteiger charge is 2.45. The molecule has 0 radical (unpaired) electrons. The number of aromatic nitrogens is 2. The van der Waals surface area contributed by atoms with Gasteiger partial charge in [-0.05, 0) is 24.6 Å². The quantitative estimate of drug-likeness (QED) is 0.360. The summed E-state index contributed by atoms with van der Waals surface area (Å²) < 4.78 is 6.84. The molecule has 0 spiro atoms. The minimum atomic E-state index is -1.80. The summed E-state index contributed by atoms with van der Waals surface area (Å²) in [6, 6.07) is 11.8. The first-order chi connectivity index (χ1) is 15.7. The van der Waals surface area contributed by atoms with Crippen LogP contribution in [0.2, 0.25) is 19.1 Å². The molecule has 1 aromatic carbocycles. The number of carbonyl (C=O) groups is 1. The molecule has 0 saturated carbocycles. The molecule has 4 heterocycles. The number of ether oxygens (including phenoxy) is 1. The summed E-state index contributed by atoms with van der Waals surface area (Å²) in [6.07, 6.45) is 2.60. The number of unbranched alkanes of at least 4 members (excludes halogenated alkanes) is 1. The number of hydrogen-bond donors (Lipinski definition) is 1. The fourth-order valence-electron chi connectivity index (χ4n) is 5.17. The molecule has 0 saturated heterocycles. The molecular weight excluding hydrogens is 432 g/mol. The minimum absolute atomic E-state index is 0.109. The Morgan fingerprint density at radius 1 is 1.18 bits per heavy atom. The molecule has 7 heteroatoms. The largest absolute Gasteiger partial charge is 0.458 e. The predicted molar refractivity (Wildman–Crippen MR) is 131 cm³/mol. The molecule has 0 bridgehead atoms. The number of cyclic esters (lactones) is 1. The zero-order valence-electron chi connectivity index (χ0n) is 19.7. The third kappa shape index (κ3) is 3.28. The second-order valence-corrected chi connectivity index (χ2v) is 14.8. The first kappa shape index (κ1) is 22.0. The van der Waals surface area contributed by atoms with Crippen molar-refractivity contribution in [3.63, 3.8) is 0 Å². The van der Waals surface area contributed by atoms with Crippen molar-refractivity contribution < 1.29 is 14.6 Å². The Morgan fingerprint density at radius 2 is 1.97 bits per heavy atom. The highest BCUT2D eigenvalue weighted by molar-refractivity contribution is 6.89. The van der Waals surface area contributed by atoms with E-state index in [0.717, 1.165) is 22.2 Å². The maximum absolute atomic E-state index is 13.3. The molecule has 33 heavy (non-hydrogen) atoms. The van der Waals surface area contributed by atoms with E-state index in [4.69, 9.17) is 9.72 Å². The van der Waals surface area contributed by atoms with Crippen molar-refractivity contribution in [1.29, 1.82) is 0 Å².